The number of aryl methyl sites for hydroxylation is 1. The van der Waals surface area contributed by atoms with Crippen molar-refractivity contribution in [2.45, 2.75) is 24.2 Å². The van der Waals surface area contributed by atoms with Gasteiger partial charge >= 0.3 is 0 Å². The fourth-order valence-corrected chi connectivity index (χ4v) is 5.36. The number of halogens is 1. The van der Waals surface area contributed by atoms with Crippen molar-refractivity contribution in [2.24, 2.45) is 5.73 Å². The standard InChI is InChI=1S/C16H18BrNOS2/c17-12-3-1-10(2-4-12)13(8-18)16(19)15-7-11-9-20-6-5-14(11)21-15/h1-4,7,13,16,19H,5-6,8-9,18H2. The molecule has 0 fully saturated rings. The molecule has 0 radical (unpaired) electrons. The van der Waals surface area contributed by atoms with Crippen LogP contribution in [0, 0.1) is 0 Å². The summed E-state index contributed by atoms with van der Waals surface area (Å²) in [6, 6.07) is 10.3. The van der Waals surface area contributed by atoms with E-state index in [4.69, 9.17) is 5.73 Å². The van der Waals surface area contributed by atoms with Crippen LogP contribution in [0.3, 0.4) is 0 Å². The minimum atomic E-state index is -0.517. The molecule has 1 aliphatic rings. The smallest absolute Gasteiger partial charge is 0.0962 e. The van der Waals surface area contributed by atoms with Gasteiger partial charge in [-0.15, -0.1) is 11.3 Å². The largest absolute Gasteiger partial charge is 0.387 e. The lowest BCUT2D eigenvalue weighted by molar-refractivity contribution is 0.151. The normalized spacial score (nSPS) is 17.3. The summed E-state index contributed by atoms with van der Waals surface area (Å²) >= 11 is 7.17. The van der Waals surface area contributed by atoms with Crippen molar-refractivity contribution >= 4 is 39.0 Å². The summed E-state index contributed by atoms with van der Waals surface area (Å²) < 4.78 is 1.04. The van der Waals surface area contributed by atoms with Gasteiger partial charge in [0.1, 0.15) is 0 Å². The third-order valence-electron chi connectivity index (χ3n) is 3.87. The molecular weight excluding hydrogens is 366 g/mol. The van der Waals surface area contributed by atoms with E-state index in [0.717, 1.165) is 27.1 Å². The monoisotopic (exact) mass is 383 g/mol. The molecular formula is C16H18BrNOS2. The maximum absolute atomic E-state index is 10.8. The van der Waals surface area contributed by atoms with Crippen molar-refractivity contribution in [1.29, 1.82) is 0 Å². The van der Waals surface area contributed by atoms with Crippen LogP contribution in [0.4, 0.5) is 0 Å². The minimum absolute atomic E-state index is 0.0501. The molecule has 2 heterocycles. The van der Waals surface area contributed by atoms with Crippen molar-refractivity contribution in [1.82, 2.24) is 0 Å². The third kappa shape index (κ3) is 3.37. The highest BCUT2D eigenvalue weighted by Gasteiger charge is 2.25. The quantitative estimate of drug-likeness (QED) is 0.835. The van der Waals surface area contributed by atoms with E-state index in [-0.39, 0.29) is 5.92 Å². The molecule has 2 aromatic rings. The summed E-state index contributed by atoms with van der Waals surface area (Å²) in [7, 11) is 0. The third-order valence-corrected chi connectivity index (χ3v) is 6.72. The van der Waals surface area contributed by atoms with Crippen molar-refractivity contribution < 1.29 is 5.11 Å². The van der Waals surface area contributed by atoms with Gasteiger partial charge in [0, 0.05) is 32.4 Å². The summed E-state index contributed by atoms with van der Waals surface area (Å²) in [6.45, 7) is 0.445. The van der Waals surface area contributed by atoms with E-state index in [1.54, 1.807) is 11.3 Å². The van der Waals surface area contributed by atoms with Crippen molar-refractivity contribution in [3.05, 3.63) is 55.7 Å². The van der Waals surface area contributed by atoms with E-state index in [1.807, 2.05) is 36.0 Å². The fraction of sp³-hybridized carbons (Fsp3) is 0.375. The highest BCUT2D eigenvalue weighted by molar-refractivity contribution is 9.10. The number of aliphatic hydroxyl groups excluding tert-OH is 1. The van der Waals surface area contributed by atoms with E-state index in [9.17, 15) is 5.11 Å². The Bertz CT molecular complexity index is 588. The number of thiophene rings is 1. The molecule has 2 atom stereocenters. The lowest BCUT2D eigenvalue weighted by Crippen LogP contribution is -2.19. The van der Waals surface area contributed by atoms with Crippen LogP contribution in [0.25, 0.3) is 0 Å². The van der Waals surface area contributed by atoms with Gasteiger partial charge in [0.15, 0.2) is 0 Å². The molecule has 1 aromatic heterocycles. The van der Waals surface area contributed by atoms with Gasteiger partial charge < -0.3 is 10.8 Å². The van der Waals surface area contributed by atoms with Crippen LogP contribution in [0.1, 0.15) is 32.9 Å². The van der Waals surface area contributed by atoms with Gasteiger partial charge in [0.25, 0.3) is 0 Å². The van der Waals surface area contributed by atoms with E-state index in [2.05, 4.69) is 22.0 Å². The van der Waals surface area contributed by atoms with E-state index >= 15 is 0 Å². The molecule has 112 valence electrons. The average Bonchev–Trinajstić information content (AvgIpc) is 2.93. The Hall–Kier alpha value is -0.330. The zero-order valence-electron chi connectivity index (χ0n) is 11.6. The van der Waals surface area contributed by atoms with Crippen LogP contribution in [-0.4, -0.2) is 17.4 Å². The second-order valence-electron chi connectivity index (χ2n) is 5.24. The van der Waals surface area contributed by atoms with Crippen molar-refractivity contribution in [3.63, 3.8) is 0 Å². The Morgan fingerprint density at radius 1 is 1.29 bits per heavy atom. The Balaban J connectivity index is 1.86. The Morgan fingerprint density at radius 2 is 2.05 bits per heavy atom. The summed E-state index contributed by atoms with van der Waals surface area (Å²) in [5.41, 5.74) is 8.42. The number of rotatable bonds is 4. The van der Waals surface area contributed by atoms with Gasteiger partial charge in [-0.3, -0.25) is 0 Å². The van der Waals surface area contributed by atoms with Gasteiger partial charge in [0.2, 0.25) is 0 Å². The molecule has 3 rings (SSSR count). The van der Waals surface area contributed by atoms with Crippen LogP contribution in [0.5, 0.6) is 0 Å². The molecule has 2 unspecified atom stereocenters. The van der Waals surface area contributed by atoms with Crippen LogP contribution in [-0.2, 0) is 12.2 Å². The second kappa shape index (κ2) is 6.84. The molecule has 0 aliphatic carbocycles. The summed E-state index contributed by atoms with van der Waals surface area (Å²) in [6.07, 6.45) is 0.611. The highest BCUT2D eigenvalue weighted by Crippen LogP contribution is 2.39. The van der Waals surface area contributed by atoms with Crippen LogP contribution in [0.2, 0.25) is 0 Å². The first kappa shape index (κ1) is 15.6. The van der Waals surface area contributed by atoms with Gasteiger partial charge in [-0.05, 0) is 41.5 Å². The molecule has 0 bridgehead atoms. The lowest BCUT2D eigenvalue weighted by atomic mass is 9.92. The van der Waals surface area contributed by atoms with Crippen molar-refractivity contribution in [2.75, 3.05) is 12.3 Å². The predicted molar refractivity (Wildman–Crippen MR) is 95.1 cm³/mol. The van der Waals surface area contributed by atoms with Gasteiger partial charge in [0.05, 0.1) is 6.10 Å². The number of thioether (sulfide) groups is 1. The molecule has 21 heavy (non-hydrogen) atoms. The van der Waals surface area contributed by atoms with E-state index < -0.39 is 6.10 Å². The Morgan fingerprint density at radius 3 is 2.71 bits per heavy atom. The molecule has 0 spiro atoms. The summed E-state index contributed by atoms with van der Waals surface area (Å²) in [4.78, 5) is 2.50. The van der Waals surface area contributed by atoms with E-state index in [0.29, 0.717) is 6.54 Å². The molecule has 2 nitrogen and oxygen atoms in total. The number of aliphatic hydroxyl groups is 1. The minimum Gasteiger partial charge on any atom is -0.387 e. The maximum atomic E-state index is 10.8. The lowest BCUT2D eigenvalue weighted by Gasteiger charge is -2.21. The highest BCUT2D eigenvalue weighted by atomic mass is 79.9. The van der Waals surface area contributed by atoms with E-state index in [1.165, 1.54) is 16.2 Å². The molecule has 0 amide bonds. The topological polar surface area (TPSA) is 46.2 Å². The zero-order chi connectivity index (χ0) is 14.8. The second-order valence-corrected chi connectivity index (χ2v) is 8.43. The first-order valence-electron chi connectivity index (χ1n) is 7.02. The Labute approximate surface area is 141 Å². The number of hydrogen-bond donors (Lipinski definition) is 2. The first-order valence-corrected chi connectivity index (χ1v) is 9.78. The first-order chi connectivity index (χ1) is 10.2. The SMILES string of the molecule is NCC(c1ccc(Br)cc1)C(O)c1cc2c(s1)CCSC2. The zero-order valence-corrected chi connectivity index (χ0v) is 14.8. The number of fused-ring (bicyclic) bond motifs is 1. The number of hydrogen-bond acceptors (Lipinski definition) is 4. The number of nitrogens with two attached hydrogens (primary N) is 1. The molecule has 5 heteroatoms. The fourth-order valence-electron chi connectivity index (χ4n) is 2.67. The molecule has 0 saturated carbocycles. The summed E-state index contributed by atoms with van der Waals surface area (Å²) in [5, 5.41) is 10.8. The van der Waals surface area contributed by atoms with Gasteiger partial charge in [-0.1, -0.05) is 28.1 Å². The predicted octanol–water partition coefficient (Wildman–Crippen LogP) is 4.08. The molecule has 0 saturated heterocycles. The van der Waals surface area contributed by atoms with Gasteiger partial charge in [-0.2, -0.15) is 11.8 Å². The van der Waals surface area contributed by atoms with Crippen LogP contribution < -0.4 is 5.73 Å². The van der Waals surface area contributed by atoms with Gasteiger partial charge in [-0.25, -0.2) is 0 Å². The molecule has 3 N–H and O–H groups in total. The molecule has 1 aliphatic heterocycles. The molecule has 1 aromatic carbocycles. The number of benzene rings is 1. The maximum Gasteiger partial charge on any atom is 0.0962 e. The average molecular weight is 384 g/mol. The summed E-state index contributed by atoms with van der Waals surface area (Å²) in [5.74, 6) is 2.21. The Kier molecular flexibility index (Phi) is 5.07. The van der Waals surface area contributed by atoms with Crippen LogP contribution >= 0.6 is 39.0 Å². The van der Waals surface area contributed by atoms with Crippen molar-refractivity contribution in [3.8, 4) is 0 Å². The van der Waals surface area contributed by atoms with Crippen LogP contribution in [0.15, 0.2) is 34.8 Å².